The Morgan fingerprint density at radius 1 is 1.15 bits per heavy atom. The van der Waals surface area contributed by atoms with E-state index in [1.807, 2.05) is 54.1 Å². The van der Waals surface area contributed by atoms with Crippen molar-refractivity contribution >= 4 is 37.5 Å². The van der Waals surface area contributed by atoms with Gasteiger partial charge in [-0.05, 0) is 57.1 Å². The summed E-state index contributed by atoms with van der Waals surface area (Å²) in [6.07, 6.45) is 5.89. The number of piperazine rings is 1. The van der Waals surface area contributed by atoms with E-state index in [-0.39, 0.29) is 0 Å². The number of aromatic nitrogens is 3. The van der Waals surface area contributed by atoms with E-state index in [1.165, 1.54) is 0 Å². The zero-order valence-electron chi connectivity index (χ0n) is 24.4. The predicted octanol–water partition coefficient (Wildman–Crippen LogP) is 5.22. The van der Waals surface area contributed by atoms with Gasteiger partial charge in [0.15, 0.2) is 5.65 Å². The summed E-state index contributed by atoms with van der Waals surface area (Å²) in [5.41, 5.74) is 8.17. The van der Waals surface area contributed by atoms with Gasteiger partial charge in [0, 0.05) is 64.5 Å². The largest absolute Gasteiger partial charge is 0.438 e. The third-order valence-corrected chi connectivity index (χ3v) is 8.37. The van der Waals surface area contributed by atoms with Crippen molar-refractivity contribution in [3.05, 3.63) is 60.2 Å². The van der Waals surface area contributed by atoms with Crippen molar-refractivity contribution in [2.24, 2.45) is 4.99 Å². The van der Waals surface area contributed by atoms with Gasteiger partial charge in [0.1, 0.15) is 18.3 Å². The van der Waals surface area contributed by atoms with Crippen molar-refractivity contribution in [1.82, 2.24) is 24.3 Å². The lowest BCUT2D eigenvalue weighted by molar-refractivity contribution is 0.0899. The Kier molecular flexibility index (Phi) is 9.61. The van der Waals surface area contributed by atoms with Crippen LogP contribution in [0.5, 0.6) is 11.6 Å². The Balaban J connectivity index is 1.58. The highest BCUT2D eigenvalue weighted by Crippen LogP contribution is 2.30. The lowest BCUT2D eigenvalue weighted by Gasteiger charge is -2.33. The quantitative estimate of drug-likeness (QED) is 0.102. The number of ether oxygens (including phenoxy) is 2. The minimum Gasteiger partial charge on any atom is -0.438 e. The topological polar surface area (TPSA) is 106 Å². The average molecular weight is 563 g/mol. The SMILES string of the molecule is C=N/C(=C\C=C(/C)Nc1nc(Oc2cccc(N)c2)c2ccn(COCC[Si](C)(C)C)c2n1)N1CCN(C)CC1. The van der Waals surface area contributed by atoms with Gasteiger partial charge in [0.25, 0.3) is 0 Å². The van der Waals surface area contributed by atoms with Crippen molar-refractivity contribution in [3.8, 4) is 11.6 Å². The Hall–Kier alpha value is -3.67. The Labute approximate surface area is 238 Å². The van der Waals surface area contributed by atoms with Crippen LogP contribution in [0.15, 0.2) is 65.2 Å². The molecule has 0 amide bonds. The normalized spacial score (nSPS) is 15.5. The third kappa shape index (κ3) is 8.17. The first-order valence-corrected chi connectivity index (χ1v) is 17.4. The molecule has 40 heavy (non-hydrogen) atoms. The van der Waals surface area contributed by atoms with Crippen molar-refractivity contribution < 1.29 is 9.47 Å². The first-order chi connectivity index (χ1) is 19.1. The number of nitrogens with two attached hydrogens (primary N) is 1. The van der Waals surface area contributed by atoms with E-state index < -0.39 is 8.07 Å². The van der Waals surface area contributed by atoms with Crippen LogP contribution in [0.1, 0.15) is 6.92 Å². The fourth-order valence-corrected chi connectivity index (χ4v) is 4.97. The predicted molar refractivity (Wildman–Crippen MR) is 167 cm³/mol. The van der Waals surface area contributed by atoms with Crippen molar-refractivity contribution in [1.29, 1.82) is 0 Å². The smallest absolute Gasteiger partial charge is 0.233 e. The second-order valence-corrected chi connectivity index (χ2v) is 17.0. The van der Waals surface area contributed by atoms with Gasteiger partial charge in [-0.25, -0.2) is 4.99 Å². The molecule has 1 aromatic carbocycles. The number of anilines is 2. The van der Waals surface area contributed by atoms with Gasteiger partial charge in [-0.3, -0.25) is 0 Å². The minimum atomic E-state index is -1.18. The molecule has 3 aromatic rings. The number of fused-ring (bicyclic) bond motifs is 1. The average Bonchev–Trinajstić information content (AvgIpc) is 3.30. The number of hydrogen-bond acceptors (Lipinski definition) is 9. The van der Waals surface area contributed by atoms with E-state index in [0.29, 0.717) is 30.0 Å². The molecule has 4 rings (SSSR count). The number of hydrogen-bond donors (Lipinski definition) is 2. The van der Waals surface area contributed by atoms with Crippen LogP contribution < -0.4 is 15.8 Å². The summed E-state index contributed by atoms with van der Waals surface area (Å²) in [6.45, 7) is 17.7. The zero-order valence-corrected chi connectivity index (χ0v) is 25.4. The van der Waals surface area contributed by atoms with Crippen molar-refractivity contribution in [2.45, 2.75) is 39.3 Å². The van der Waals surface area contributed by atoms with Gasteiger partial charge < -0.3 is 34.9 Å². The van der Waals surface area contributed by atoms with Gasteiger partial charge in [-0.1, -0.05) is 25.7 Å². The molecule has 0 saturated carbocycles. The van der Waals surface area contributed by atoms with Crippen LogP contribution in [0, 0.1) is 0 Å². The first-order valence-electron chi connectivity index (χ1n) is 13.6. The number of aliphatic imine (C=N–C) groups is 1. The highest BCUT2D eigenvalue weighted by atomic mass is 28.3. The van der Waals surface area contributed by atoms with Gasteiger partial charge >= 0.3 is 0 Å². The fourth-order valence-electron chi connectivity index (χ4n) is 4.22. The molecule has 1 fully saturated rings. The maximum Gasteiger partial charge on any atom is 0.233 e. The van der Waals surface area contributed by atoms with E-state index in [2.05, 4.69) is 53.5 Å². The molecule has 10 nitrogen and oxygen atoms in total. The molecule has 0 unspecified atom stereocenters. The molecule has 0 spiro atoms. The second-order valence-electron chi connectivity index (χ2n) is 11.3. The molecule has 0 radical (unpaired) electrons. The van der Waals surface area contributed by atoms with E-state index in [9.17, 15) is 0 Å². The maximum atomic E-state index is 6.20. The van der Waals surface area contributed by atoms with Crippen LogP contribution in [-0.4, -0.2) is 79.0 Å². The molecule has 0 aliphatic carbocycles. The molecule has 2 aromatic heterocycles. The molecule has 0 atom stereocenters. The summed E-state index contributed by atoms with van der Waals surface area (Å²) in [5, 5.41) is 4.11. The monoisotopic (exact) mass is 562 g/mol. The number of likely N-dealkylation sites (N-methyl/N-ethyl adjacent to an activating group) is 1. The molecule has 3 N–H and O–H groups in total. The fraction of sp³-hybridized carbons (Fsp3) is 0.414. The number of rotatable bonds is 12. The molecular weight excluding hydrogens is 520 g/mol. The Morgan fingerprint density at radius 3 is 2.62 bits per heavy atom. The summed E-state index contributed by atoms with van der Waals surface area (Å²) in [4.78, 5) is 18.3. The first kappa shape index (κ1) is 29.3. The lowest BCUT2D eigenvalue weighted by Crippen LogP contribution is -2.43. The molecule has 1 saturated heterocycles. The van der Waals surface area contributed by atoms with Crippen LogP contribution in [0.3, 0.4) is 0 Å². The number of benzene rings is 1. The molecule has 1 aliphatic heterocycles. The standard InChI is InChI=1S/C29H42N8O2Si/c1-22(10-11-26(31-2)36-16-14-35(3)15-17-36)32-29-33-27-25(12-13-37(27)21-38-18-19-40(4,5)6)28(34-29)39-24-9-7-8-23(30)20-24/h7-13,20H,2,14-19,21,30H2,1,3-6H3,(H,32,33,34)/b22-10+,26-11+. The zero-order chi connectivity index (χ0) is 28.7. The lowest BCUT2D eigenvalue weighted by atomic mass is 10.3. The van der Waals surface area contributed by atoms with Crippen molar-refractivity contribution in [3.63, 3.8) is 0 Å². The highest BCUT2D eigenvalue weighted by molar-refractivity contribution is 6.76. The summed E-state index contributed by atoms with van der Waals surface area (Å²) >= 11 is 0. The van der Waals surface area contributed by atoms with Crippen LogP contribution in [0.25, 0.3) is 11.0 Å². The van der Waals surface area contributed by atoms with Crippen LogP contribution in [0.4, 0.5) is 11.6 Å². The van der Waals surface area contributed by atoms with Gasteiger partial charge in [-0.2, -0.15) is 9.97 Å². The Morgan fingerprint density at radius 2 is 1.93 bits per heavy atom. The summed E-state index contributed by atoms with van der Waals surface area (Å²) in [5.74, 6) is 2.31. The van der Waals surface area contributed by atoms with E-state index >= 15 is 0 Å². The highest BCUT2D eigenvalue weighted by Gasteiger charge is 2.17. The third-order valence-electron chi connectivity index (χ3n) is 6.66. The molecule has 214 valence electrons. The number of nitrogen functional groups attached to an aromatic ring is 1. The maximum absolute atomic E-state index is 6.20. The van der Waals surface area contributed by atoms with Crippen molar-refractivity contribution in [2.75, 3.05) is 50.9 Å². The van der Waals surface area contributed by atoms with E-state index in [0.717, 1.165) is 61.4 Å². The van der Waals surface area contributed by atoms with Gasteiger partial charge in [-0.15, -0.1) is 0 Å². The number of allylic oxidation sites excluding steroid dienone is 3. The van der Waals surface area contributed by atoms with Crippen LogP contribution in [-0.2, 0) is 11.5 Å². The van der Waals surface area contributed by atoms with Gasteiger partial charge in [0.05, 0.1) is 5.39 Å². The van der Waals surface area contributed by atoms with Gasteiger partial charge in [0.2, 0.25) is 11.8 Å². The van der Waals surface area contributed by atoms with Crippen LogP contribution in [0.2, 0.25) is 25.7 Å². The number of nitrogens with one attached hydrogen (secondary N) is 1. The summed E-state index contributed by atoms with van der Waals surface area (Å²) in [6, 6.07) is 10.4. The molecular formula is C29H42N8O2Si. The van der Waals surface area contributed by atoms with E-state index in [1.54, 1.807) is 6.07 Å². The van der Waals surface area contributed by atoms with Crippen LogP contribution >= 0.6 is 0 Å². The molecule has 11 heteroatoms. The minimum absolute atomic E-state index is 0.402. The second kappa shape index (κ2) is 13.1. The molecule has 3 heterocycles. The summed E-state index contributed by atoms with van der Waals surface area (Å²) in [7, 11) is 0.955. The summed E-state index contributed by atoms with van der Waals surface area (Å²) < 4.78 is 14.2. The Bertz CT molecular complexity index is 1370. The molecule has 1 aliphatic rings. The molecule has 0 bridgehead atoms. The number of nitrogens with zero attached hydrogens (tertiary/aromatic N) is 6. The van der Waals surface area contributed by atoms with E-state index in [4.69, 9.17) is 25.2 Å².